The van der Waals surface area contributed by atoms with Gasteiger partial charge < -0.3 is 14.7 Å². The number of likely N-dealkylation sites (N-methyl/N-ethyl adjacent to an activating group) is 2. The van der Waals surface area contributed by atoms with Crippen molar-refractivity contribution in [2.24, 2.45) is 0 Å². The van der Waals surface area contributed by atoms with Gasteiger partial charge in [0.2, 0.25) is 12.2 Å². The van der Waals surface area contributed by atoms with Crippen LogP contribution in [-0.2, 0) is 0 Å². The lowest BCUT2D eigenvalue weighted by Gasteiger charge is -2.16. The van der Waals surface area contributed by atoms with Gasteiger partial charge in [-0.25, -0.2) is 0 Å². The summed E-state index contributed by atoms with van der Waals surface area (Å²) in [5, 5.41) is 6.76. The van der Waals surface area contributed by atoms with E-state index in [1.807, 2.05) is 19.2 Å². The number of halogens is 1. The monoisotopic (exact) mass is 296 g/mol. The summed E-state index contributed by atoms with van der Waals surface area (Å²) in [6.07, 6.45) is 1.28. The molecule has 0 saturated heterocycles. The van der Waals surface area contributed by atoms with E-state index < -0.39 is 0 Å². The zero-order valence-corrected chi connectivity index (χ0v) is 12.2. The number of benzene rings is 1. The van der Waals surface area contributed by atoms with Gasteiger partial charge in [0.05, 0.1) is 0 Å². The maximum absolute atomic E-state index is 12.1. The molecule has 0 aliphatic rings. The second kappa shape index (κ2) is 7.62. The Morgan fingerprint density at radius 2 is 2.05 bits per heavy atom. The van der Waals surface area contributed by atoms with Gasteiger partial charge in [0, 0.05) is 31.3 Å². The van der Waals surface area contributed by atoms with Gasteiger partial charge in [-0.3, -0.25) is 4.79 Å². The summed E-state index contributed by atoms with van der Waals surface area (Å²) in [6.45, 7) is 1.44. The average Bonchev–Trinajstić information content (AvgIpc) is 2.98. The van der Waals surface area contributed by atoms with Crippen LogP contribution in [0.2, 0.25) is 0 Å². The quantitative estimate of drug-likeness (QED) is 0.904. The molecular formula is C13H17ClN4O2. The summed E-state index contributed by atoms with van der Waals surface area (Å²) in [4.78, 5) is 17.7. The van der Waals surface area contributed by atoms with E-state index in [2.05, 4.69) is 20.0 Å². The minimum atomic E-state index is -0.00471. The Kier molecular flexibility index (Phi) is 6.14. The molecule has 0 saturated carbocycles. The molecule has 0 fully saturated rings. The van der Waals surface area contributed by atoms with Crippen LogP contribution in [0, 0.1) is 0 Å². The molecule has 6 nitrogen and oxygen atoms in total. The number of nitrogens with zero attached hydrogens (tertiary/aromatic N) is 3. The van der Waals surface area contributed by atoms with Crippen molar-refractivity contribution in [3.05, 3.63) is 36.2 Å². The molecule has 0 aliphatic carbocycles. The molecule has 108 valence electrons. The molecule has 1 amide bonds. The van der Waals surface area contributed by atoms with Crippen LogP contribution in [0.25, 0.3) is 11.4 Å². The first kappa shape index (κ1) is 16.1. The van der Waals surface area contributed by atoms with Gasteiger partial charge in [0.15, 0.2) is 0 Å². The highest BCUT2D eigenvalue weighted by Crippen LogP contribution is 2.15. The number of hydrogen-bond donors (Lipinski definition) is 1. The van der Waals surface area contributed by atoms with Crippen molar-refractivity contribution in [3.8, 4) is 11.4 Å². The maximum atomic E-state index is 12.1. The van der Waals surface area contributed by atoms with Gasteiger partial charge in [-0.2, -0.15) is 4.98 Å². The molecule has 1 N–H and O–H groups in total. The second-order valence-corrected chi connectivity index (χ2v) is 4.16. The van der Waals surface area contributed by atoms with Crippen molar-refractivity contribution >= 4 is 18.3 Å². The minimum Gasteiger partial charge on any atom is -0.342 e. The summed E-state index contributed by atoms with van der Waals surface area (Å²) >= 11 is 0. The molecule has 0 spiro atoms. The number of aromatic nitrogens is 2. The molecule has 0 radical (unpaired) electrons. The van der Waals surface area contributed by atoms with Crippen LogP contribution in [0.4, 0.5) is 0 Å². The Labute approximate surface area is 123 Å². The van der Waals surface area contributed by atoms with E-state index in [1.165, 1.54) is 6.39 Å². The molecule has 7 heteroatoms. The number of nitrogens with one attached hydrogen (secondary N) is 1. The number of carbonyl (C=O) groups excluding carboxylic acids is 1. The van der Waals surface area contributed by atoms with Crippen LogP contribution in [0.5, 0.6) is 0 Å². The molecule has 1 aromatic heterocycles. The number of hydrogen-bond acceptors (Lipinski definition) is 5. The maximum Gasteiger partial charge on any atom is 0.253 e. The van der Waals surface area contributed by atoms with Crippen molar-refractivity contribution in [3.63, 3.8) is 0 Å². The molecule has 0 atom stereocenters. The summed E-state index contributed by atoms with van der Waals surface area (Å²) in [5.41, 5.74) is 1.47. The molecule has 0 unspecified atom stereocenters. The molecule has 0 bridgehead atoms. The van der Waals surface area contributed by atoms with E-state index in [9.17, 15) is 4.79 Å². The van der Waals surface area contributed by atoms with Crippen LogP contribution >= 0.6 is 12.4 Å². The van der Waals surface area contributed by atoms with Crippen LogP contribution < -0.4 is 5.32 Å². The third kappa shape index (κ3) is 3.79. The van der Waals surface area contributed by atoms with E-state index in [1.54, 1.807) is 24.1 Å². The number of amides is 1. The third-order valence-corrected chi connectivity index (χ3v) is 2.80. The van der Waals surface area contributed by atoms with Crippen LogP contribution in [-0.4, -0.2) is 48.1 Å². The molecule has 20 heavy (non-hydrogen) atoms. The fourth-order valence-corrected chi connectivity index (χ4v) is 1.66. The van der Waals surface area contributed by atoms with Gasteiger partial charge in [-0.15, -0.1) is 12.4 Å². The van der Waals surface area contributed by atoms with E-state index in [0.717, 1.165) is 12.1 Å². The average molecular weight is 297 g/mol. The van der Waals surface area contributed by atoms with Crippen LogP contribution in [0.15, 0.2) is 35.2 Å². The summed E-state index contributed by atoms with van der Waals surface area (Å²) in [6, 6.07) is 7.15. The van der Waals surface area contributed by atoms with Gasteiger partial charge in [0.25, 0.3) is 5.91 Å². The normalized spacial score (nSPS) is 9.90. The molecule has 2 aromatic rings. The molecule has 1 aromatic carbocycles. The van der Waals surface area contributed by atoms with Crippen molar-refractivity contribution < 1.29 is 9.32 Å². The van der Waals surface area contributed by atoms with Gasteiger partial charge in [0.1, 0.15) is 0 Å². The van der Waals surface area contributed by atoms with Crippen molar-refractivity contribution in [2.75, 3.05) is 27.2 Å². The molecule has 0 aliphatic heterocycles. The van der Waals surface area contributed by atoms with Gasteiger partial charge in [-0.05, 0) is 19.2 Å². The largest absolute Gasteiger partial charge is 0.342 e. The lowest BCUT2D eigenvalue weighted by atomic mass is 10.1. The topological polar surface area (TPSA) is 71.3 Å². The van der Waals surface area contributed by atoms with E-state index in [-0.39, 0.29) is 18.3 Å². The van der Waals surface area contributed by atoms with Crippen LogP contribution in [0.3, 0.4) is 0 Å². The molecular weight excluding hydrogens is 280 g/mol. The van der Waals surface area contributed by atoms with E-state index in [4.69, 9.17) is 0 Å². The SMILES string of the molecule is CNCCN(C)C(=O)c1ccc(-c2ncon2)cc1.Cl. The summed E-state index contributed by atoms with van der Waals surface area (Å²) in [5.74, 6) is 0.512. The predicted octanol–water partition coefficient (Wildman–Crippen LogP) is 1.45. The lowest BCUT2D eigenvalue weighted by molar-refractivity contribution is 0.0797. The highest BCUT2D eigenvalue weighted by molar-refractivity contribution is 5.94. The molecule has 1 heterocycles. The third-order valence-electron chi connectivity index (χ3n) is 2.80. The van der Waals surface area contributed by atoms with Gasteiger partial charge >= 0.3 is 0 Å². The van der Waals surface area contributed by atoms with E-state index in [0.29, 0.717) is 17.9 Å². The zero-order valence-electron chi connectivity index (χ0n) is 11.4. The van der Waals surface area contributed by atoms with E-state index >= 15 is 0 Å². The number of carbonyl (C=O) groups is 1. The van der Waals surface area contributed by atoms with Gasteiger partial charge in [-0.1, -0.05) is 17.3 Å². The molecule has 2 rings (SSSR count). The second-order valence-electron chi connectivity index (χ2n) is 4.16. The highest BCUT2D eigenvalue weighted by atomic mass is 35.5. The minimum absolute atomic E-state index is 0. The predicted molar refractivity (Wildman–Crippen MR) is 77.9 cm³/mol. The Balaban J connectivity index is 0.00000200. The van der Waals surface area contributed by atoms with Crippen molar-refractivity contribution in [2.45, 2.75) is 0 Å². The first-order chi connectivity index (χ1) is 9.22. The first-order valence-electron chi connectivity index (χ1n) is 5.99. The van der Waals surface area contributed by atoms with Crippen molar-refractivity contribution in [1.29, 1.82) is 0 Å². The Morgan fingerprint density at radius 3 is 2.60 bits per heavy atom. The number of rotatable bonds is 5. The summed E-state index contributed by atoms with van der Waals surface area (Å²) in [7, 11) is 3.64. The zero-order chi connectivity index (χ0) is 13.7. The highest BCUT2D eigenvalue weighted by Gasteiger charge is 2.11. The first-order valence-corrected chi connectivity index (χ1v) is 5.99. The van der Waals surface area contributed by atoms with Crippen LogP contribution in [0.1, 0.15) is 10.4 Å². The lowest BCUT2D eigenvalue weighted by Crippen LogP contribution is -2.32. The smallest absolute Gasteiger partial charge is 0.253 e. The fourth-order valence-electron chi connectivity index (χ4n) is 1.66. The fraction of sp³-hybridized carbons (Fsp3) is 0.308. The summed E-state index contributed by atoms with van der Waals surface area (Å²) < 4.78 is 4.69. The Hall–Kier alpha value is -1.92. The van der Waals surface area contributed by atoms with Crippen molar-refractivity contribution in [1.82, 2.24) is 20.4 Å². The Morgan fingerprint density at radius 1 is 1.35 bits per heavy atom. The Bertz CT molecular complexity index is 528. The standard InChI is InChI=1S/C13H16N4O2.ClH/c1-14-7-8-17(2)13(18)11-5-3-10(4-6-11)12-15-9-19-16-12;/h3-6,9,14H,7-8H2,1-2H3;1H.